The van der Waals surface area contributed by atoms with Gasteiger partial charge >= 0.3 is 0 Å². The van der Waals surface area contributed by atoms with Crippen molar-refractivity contribution in [2.24, 2.45) is 0 Å². The molecule has 0 aliphatic carbocycles. The maximum atomic E-state index is 3.87. The van der Waals surface area contributed by atoms with Crippen LogP contribution in [-0.4, -0.2) is 24.1 Å². The summed E-state index contributed by atoms with van der Waals surface area (Å²) in [6.45, 7) is 12.9. The fourth-order valence-corrected chi connectivity index (χ4v) is 2.01. The van der Waals surface area contributed by atoms with Crippen LogP contribution in [0.5, 0.6) is 0 Å². The Labute approximate surface area is 110 Å². The van der Waals surface area contributed by atoms with Crippen molar-refractivity contribution in [1.82, 2.24) is 0 Å². The van der Waals surface area contributed by atoms with Gasteiger partial charge in [-0.25, -0.2) is 0 Å². The molecule has 0 bridgehead atoms. The first-order chi connectivity index (χ1) is 7.26. The Morgan fingerprint density at radius 3 is 2.12 bits per heavy atom. The first kappa shape index (κ1) is 15.4. The lowest BCUT2D eigenvalue weighted by molar-refractivity contribution is -0.932. The highest BCUT2D eigenvalue weighted by molar-refractivity contribution is 8.93. The van der Waals surface area contributed by atoms with Crippen LogP contribution >= 0.6 is 17.0 Å². The second-order valence-corrected chi connectivity index (χ2v) is 4.09. The van der Waals surface area contributed by atoms with E-state index in [1.807, 2.05) is 6.08 Å². The highest BCUT2D eigenvalue weighted by Gasteiger charge is 2.21. The van der Waals surface area contributed by atoms with E-state index >= 15 is 0 Å². The average molecular weight is 285 g/mol. The third-order valence-electron chi connectivity index (χ3n) is 3.22. The standard InChI is InChI=1S/C14H22N.BrH/c1-4-12-15(5-2,6-3)13-14-10-8-7-9-11-14;/h4,7-11H,1,5-6,12-13H2,2-3H3;1H/q+1;. The highest BCUT2D eigenvalue weighted by atomic mass is 79.9. The summed E-state index contributed by atoms with van der Waals surface area (Å²) >= 11 is 0. The Morgan fingerprint density at radius 1 is 1.12 bits per heavy atom. The highest BCUT2D eigenvalue weighted by Crippen LogP contribution is 2.14. The molecule has 0 aromatic heterocycles. The number of halogens is 1. The van der Waals surface area contributed by atoms with E-state index in [1.165, 1.54) is 5.56 Å². The van der Waals surface area contributed by atoms with Crippen LogP contribution in [0, 0.1) is 0 Å². The topological polar surface area (TPSA) is 0 Å². The van der Waals surface area contributed by atoms with E-state index in [9.17, 15) is 0 Å². The predicted octanol–water partition coefficient (Wildman–Crippen LogP) is 3.81. The minimum atomic E-state index is 0. The van der Waals surface area contributed by atoms with Crippen molar-refractivity contribution >= 4 is 17.0 Å². The molecule has 1 rings (SSSR count). The minimum absolute atomic E-state index is 0. The molecule has 0 atom stereocenters. The Morgan fingerprint density at radius 2 is 1.69 bits per heavy atom. The van der Waals surface area contributed by atoms with Gasteiger partial charge in [-0.3, -0.25) is 0 Å². The molecule has 90 valence electrons. The fraction of sp³-hybridized carbons (Fsp3) is 0.429. The van der Waals surface area contributed by atoms with Gasteiger partial charge in [-0.15, -0.1) is 17.0 Å². The summed E-state index contributed by atoms with van der Waals surface area (Å²) in [4.78, 5) is 0. The Balaban J connectivity index is 0.00000225. The molecule has 2 heteroatoms. The summed E-state index contributed by atoms with van der Waals surface area (Å²) < 4.78 is 1.10. The van der Waals surface area contributed by atoms with Gasteiger partial charge < -0.3 is 4.48 Å². The zero-order chi connectivity index (χ0) is 11.1. The van der Waals surface area contributed by atoms with Crippen molar-refractivity contribution in [2.75, 3.05) is 19.6 Å². The summed E-state index contributed by atoms with van der Waals surface area (Å²) in [5, 5.41) is 0. The molecule has 1 aromatic rings. The number of hydrogen-bond donors (Lipinski definition) is 0. The van der Waals surface area contributed by atoms with Crippen molar-refractivity contribution in [3.63, 3.8) is 0 Å². The Bertz CT molecular complexity index is 291. The molecule has 0 radical (unpaired) electrons. The SMILES string of the molecule is Br.C=CC[N+](CC)(CC)Cc1ccccc1. The average Bonchev–Trinajstić information content (AvgIpc) is 2.30. The molecule has 16 heavy (non-hydrogen) atoms. The van der Waals surface area contributed by atoms with Crippen molar-refractivity contribution in [3.05, 3.63) is 48.6 Å². The molecule has 0 unspecified atom stereocenters. The lowest BCUT2D eigenvalue weighted by Crippen LogP contribution is -2.46. The third kappa shape index (κ3) is 4.11. The summed E-state index contributed by atoms with van der Waals surface area (Å²) in [5.74, 6) is 0. The van der Waals surface area contributed by atoms with Gasteiger partial charge in [0.05, 0.1) is 19.6 Å². The summed E-state index contributed by atoms with van der Waals surface area (Å²) in [7, 11) is 0. The normalized spacial score (nSPS) is 10.6. The van der Waals surface area contributed by atoms with Gasteiger partial charge in [-0.1, -0.05) is 36.9 Å². The molecule has 0 N–H and O–H groups in total. The second kappa shape index (κ2) is 7.64. The maximum Gasteiger partial charge on any atom is 0.105 e. The number of benzene rings is 1. The predicted molar refractivity (Wildman–Crippen MR) is 76.9 cm³/mol. The van der Waals surface area contributed by atoms with Gasteiger partial charge in [0.25, 0.3) is 0 Å². The van der Waals surface area contributed by atoms with Crippen LogP contribution < -0.4 is 0 Å². The zero-order valence-corrected chi connectivity index (χ0v) is 12.1. The van der Waals surface area contributed by atoms with Crippen LogP contribution in [0.4, 0.5) is 0 Å². The molecule has 1 aromatic carbocycles. The molecular weight excluding hydrogens is 262 g/mol. The molecule has 1 nitrogen and oxygen atoms in total. The van der Waals surface area contributed by atoms with Crippen LogP contribution in [0.25, 0.3) is 0 Å². The number of nitrogens with zero attached hydrogens (tertiary/aromatic N) is 1. The Kier molecular flexibility index (Phi) is 7.35. The maximum absolute atomic E-state index is 3.87. The molecule has 0 spiro atoms. The van der Waals surface area contributed by atoms with Gasteiger partial charge in [-0.2, -0.15) is 0 Å². The summed E-state index contributed by atoms with van der Waals surface area (Å²) in [6.07, 6.45) is 2.04. The van der Waals surface area contributed by atoms with E-state index in [2.05, 4.69) is 50.8 Å². The molecule has 0 aliphatic heterocycles. The Hall–Kier alpha value is -0.600. The largest absolute Gasteiger partial charge is 0.317 e. The van der Waals surface area contributed by atoms with Crippen LogP contribution in [-0.2, 0) is 6.54 Å². The van der Waals surface area contributed by atoms with Crippen LogP contribution in [0.2, 0.25) is 0 Å². The number of hydrogen-bond acceptors (Lipinski definition) is 0. The summed E-state index contributed by atoms with van der Waals surface area (Å²) in [5.41, 5.74) is 1.42. The smallest absolute Gasteiger partial charge is 0.105 e. The van der Waals surface area contributed by atoms with Gasteiger partial charge in [0.15, 0.2) is 0 Å². The van der Waals surface area contributed by atoms with Crippen LogP contribution in [0.1, 0.15) is 19.4 Å². The van der Waals surface area contributed by atoms with Gasteiger partial charge in [0.1, 0.15) is 6.54 Å². The zero-order valence-electron chi connectivity index (χ0n) is 10.4. The summed E-state index contributed by atoms with van der Waals surface area (Å²) in [6, 6.07) is 10.7. The number of quaternary nitrogens is 1. The fourth-order valence-electron chi connectivity index (χ4n) is 2.01. The van der Waals surface area contributed by atoms with Gasteiger partial charge in [-0.05, 0) is 19.9 Å². The lowest BCUT2D eigenvalue weighted by atomic mass is 10.1. The van der Waals surface area contributed by atoms with E-state index in [1.54, 1.807) is 0 Å². The van der Waals surface area contributed by atoms with Crippen molar-refractivity contribution in [3.8, 4) is 0 Å². The van der Waals surface area contributed by atoms with E-state index < -0.39 is 0 Å². The van der Waals surface area contributed by atoms with E-state index in [0.29, 0.717) is 0 Å². The third-order valence-corrected chi connectivity index (χ3v) is 3.22. The molecule has 0 heterocycles. The lowest BCUT2D eigenvalue weighted by Gasteiger charge is -2.36. The number of likely N-dealkylation sites (N-methyl/N-ethyl adjacent to an activating group) is 1. The second-order valence-electron chi connectivity index (χ2n) is 4.09. The van der Waals surface area contributed by atoms with Gasteiger partial charge in [0, 0.05) is 5.56 Å². The molecular formula is C14H23BrN+. The first-order valence-electron chi connectivity index (χ1n) is 5.76. The minimum Gasteiger partial charge on any atom is -0.317 e. The van der Waals surface area contributed by atoms with E-state index in [-0.39, 0.29) is 17.0 Å². The van der Waals surface area contributed by atoms with Crippen molar-refractivity contribution in [1.29, 1.82) is 0 Å². The van der Waals surface area contributed by atoms with E-state index in [4.69, 9.17) is 0 Å². The van der Waals surface area contributed by atoms with E-state index in [0.717, 1.165) is 30.7 Å². The first-order valence-corrected chi connectivity index (χ1v) is 5.76. The van der Waals surface area contributed by atoms with Gasteiger partial charge in [0.2, 0.25) is 0 Å². The van der Waals surface area contributed by atoms with Crippen LogP contribution in [0.3, 0.4) is 0 Å². The molecule has 0 amide bonds. The molecule has 0 aliphatic rings. The molecule has 0 saturated carbocycles. The number of rotatable bonds is 6. The monoisotopic (exact) mass is 284 g/mol. The molecule has 0 saturated heterocycles. The quantitative estimate of drug-likeness (QED) is 0.551. The van der Waals surface area contributed by atoms with Crippen molar-refractivity contribution in [2.45, 2.75) is 20.4 Å². The van der Waals surface area contributed by atoms with Crippen molar-refractivity contribution < 1.29 is 4.48 Å². The molecule has 0 fully saturated rings. The van der Waals surface area contributed by atoms with Crippen LogP contribution in [0.15, 0.2) is 43.0 Å².